The fourth-order valence-electron chi connectivity index (χ4n) is 1.08. The van der Waals surface area contributed by atoms with Crippen LogP contribution in [0.3, 0.4) is 0 Å². The predicted molar refractivity (Wildman–Crippen MR) is 66.2 cm³/mol. The van der Waals surface area contributed by atoms with Crippen molar-refractivity contribution in [2.45, 2.75) is 25.7 Å². The molecule has 0 atom stereocenters. The van der Waals surface area contributed by atoms with Gasteiger partial charge in [0.15, 0.2) is 0 Å². The predicted octanol–water partition coefficient (Wildman–Crippen LogP) is 3.87. The van der Waals surface area contributed by atoms with E-state index in [-0.39, 0.29) is 0 Å². The second-order valence-electron chi connectivity index (χ2n) is 4.64. The van der Waals surface area contributed by atoms with Crippen molar-refractivity contribution in [2.75, 3.05) is 18.1 Å². The summed E-state index contributed by atoms with van der Waals surface area (Å²) in [7, 11) is 0. The summed E-state index contributed by atoms with van der Waals surface area (Å²) in [5.41, 5.74) is 1.54. The molecule has 0 bridgehead atoms. The molecule has 78 valence electrons. The summed E-state index contributed by atoms with van der Waals surface area (Å²) in [6, 6.07) is 8.57. The van der Waals surface area contributed by atoms with Crippen molar-refractivity contribution < 1.29 is 0 Å². The SMILES string of the molecule is CSc1ccc(NCC(C)(C)C)cc1. The molecular formula is C12H19NS. The molecule has 0 radical (unpaired) electrons. The molecule has 0 heterocycles. The van der Waals surface area contributed by atoms with Gasteiger partial charge in [0.05, 0.1) is 0 Å². The highest BCUT2D eigenvalue weighted by Crippen LogP contribution is 2.19. The Labute approximate surface area is 91.3 Å². The zero-order valence-electron chi connectivity index (χ0n) is 9.42. The monoisotopic (exact) mass is 209 g/mol. The number of thioether (sulfide) groups is 1. The first-order valence-electron chi connectivity index (χ1n) is 4.89. The minimum Gasteiger partial charge on any atom is -0.385 e. The number of nitrogens with one attached hydrogen (secondary N) is 1. The molecule has 1 nitrogen and oxygen atoms in total. The number of hydrogen-bond acceptors (Lipinski definition) is 2. The number of hydrogen-bond donors (Lipinski definition) is 1. The Morgan fingerprint density at radius 2 is 1.71 bits per heavy atom. The average Bonchev–Trinajstić information content (AvgIpc) is 2.14. The van der Waals surface area contributed by atoms with Gasteiger partial charge in [0.2, 0.25) is 0 Å². The zero-order chi connectivity index (χ0) is 10.6. The van der Waals surface area contributed by atoms with E-state index in [4.69, 9.17) is 0 Å². The molecule has 14 heavy (non-hydrogen) atoms. The third-order valence-electron chi connectivity index (χ3n) is 1.91. The van der Waals surface area contributed by atoms with Gasteiger partial charge in [0.25, 0.3) is 0 Å². The van der Waals surface area contributed by atoms with E-state index in [0.29, 0.717) is 5.41 Å². The van der Waals surface area contributed by atoms with E-state index < -0.39 is 0 Å². The van der Waals surface area contributed by atoms with Gasteiger partial charge < -0.3 is 5.32 Å². The van der Waals surface area contributed by atoms with E-state index >= 15 is 0 Å². The Hall–Kier alpha value is -0.630. The molecule has 1 rings (SSSR count). The Morgan fingerprint density at radius 1 is 1.14 bits per heavy atom. The topological polar surface area (TPSA) is 12.0 Å². The van der Waals surface area contributed by atoms with E-state index in [2.05, 4.69) is 56.6 Å². The van der Waals surface area contributed by atoms with Crippen molar-refractivity contribution in [1.29, 1.82) is 0 Å². The van der Waals surface area contributed by atoms with Crippen LogP contribution in [0.4, 0.5) is 5.69 Å². The summed E-state index contributed by atoms with van der Waals surface area (Å²) in [4.78, 5) is 1.31. The van der Waals surface area contributed by atoms with Gasteiger partial charge in [0.1, 0.15) is 0 Å². The van der Waals surface area contributed by atoms with Gasteiger partial charge in [0, 0.05) is 17.1 Å². The van der Waals surface area contributed by atoms with Crippen LogP contribution in [0, 0.1) is 5.41 Å². The first-order valence-corrected chi connectivity index (χ1v) is 6.12. The summed E-state index contributed by atoms with van der Waals surface area (Å²) in [5.74, 6) is 0. The quantitative estimate of drug-likeness (QED) is 0.758. The van der Waals surface area contributed by atoms with Crippen LogP contribution in [0.1, 0.15) is 20.8 Å². The first kappa shape index (κ1) is 11.4. The van der Waals surface area contributed by atoms with Crippen LogP contribution < -0.4 is 5.32 Å². The summed E-state index contributed by atoms with van der Waals surface area (Å²) in [6.07, 6.45) is 2.09. The van der Waals surface area contributed by atoms with Crippen molar-refractivity contribution in [1.82, 2.24) is 0 Å². The first-order chi connectivity index (χ1) is 6.51. The molecule has 0 aliphatic rings. The fourth-order valence-corrected chi connectivity index (χ4v) is 1.48. The summed E-state index contributed by atoms with van der Waals surface area (Å²) in [5, 5.41) is 3.43. The van der Waals surface area contributed by atoms with Crippen molar-refractivity contribution in [2.24, 2.45) is 5.41 Å². The Morgan fingerprint density at radius 3 is 2.14 bits per heavy atom. The van der Waals surface area contributed by atoms with Crippen LogP contribution >= 0.6 is 11.8 Å². The molecule has 0 saturated carbocycles. The lowest BCUT2D eigenvalue weighted by atomic mass is 9.97. The van der Waals surface area contributed by atoms with Crippen molar-refractivity contribution in [3.05, 3.63) is 24.3 Å². The largest absolute Gasteiger partial charge is 0.385 e. The summed E-state index contributed by atoms with van der Waals surface area (Å²) in [6.45, 7) is 7.70. The molecule has 0 fully saturated rings. The standard InChI is InChI=1S/C12H19NS/c1-12(2,3)9-13-10-5-7-11(14-4)8-6-10/h5-8,13H,9H2,1-4H3. The molecule has 1 aromatic carbocycles. The molecular weight excluding hydrogens is 190 g/mol. The Kier molecular flexibility index (Phi) is 3.87. The molecule has 0 spiro atoms. The van der Waals surface area contributed by atoms with Gasteiger partial charge in [-0.1, -0.05) is 20.8 Å². The van der Waals surface area contributed by atoms with E-state index in [1.165, 1.54) is 10.6 Å². The average molecular weight is 209 g/mol. The maximum absolute atomic E-state index is 3.43. The molecule has 0 aliphatic heterocycles. The van der Waals surface area contributed by atoms with Crippen LogP contribution in [-0.2, 0) is 0 Å². The second kappa shape index (κ2) is 4.74. The van der Waals surface area contributed by atoms with E-state index in [9.17, 15) is 0 Å². The molecule has 0 saturated heterocycles. The molecule has 2 heteroatoms. The van der Waals surface area contributed by atoms with Crippen molar-refractivity contribution >= 4 is 17.4 Å². The van der Waals surface area contributed by atoms with Crippen LogP contribution in [0.25, 0.3) is 0 Å². The van der Waals surface area contributed by atoms with E-state index in [0.717, 1.165) is 6.54 Å². The second-order valence-corrected chi connectivity index (χ2v) is 5.52. The smallest absolute Gasteiger partial charge is 0.0341 e. The van der Waals surface area contributed by atoms with Crippen LogP contribution in [0.5, 0.6) is 0 Å². The van der Waals surface area contributed by atoms with E-state index in [1.807, 2.05) is 0 Å². The van der Waals surface area contributed by atoms with Crippen LogP contribution in [-0.4, -0.2) is 12.8 Å². The fraction of sp³-hybridized carbons (Fsp3) is 0.500. The highest BCUT2D eigenvalue weighted by molar-refractivity contribution is 7.98. The van der Waals surface area contributed by atoms with E-state index in [1.54, 1.807) is 11.8 Å². The highest BCUT2D eigenvalue weighted by atomic mass is 32.2. The Bertz CT molecular complexity index is 271. The molecule has 0 amide bonds. The lowest BCUT2D eigenvalue weighted by Crippen LogP contribution is -2.18. The molecule has 0 aliphatic carbocycles. The van der Waals surface area contributed by atoms with Gasteiger partial charge in [-0.25, -0.2) is 0 Å². The number of anilines is 1. The van der Waals surface area contributed by atoms with Crippen molar-refractivity contribution in [3.8, 4) is 0 Å². The third kappa shape index (κ3) is 4.05. The lowest BCUT2D eigenvalue weighted by molar-refractivity contribution is 0.443. The third-order valence-corrected chi connectivity index (χ3v) is 2.66. The van der Waals surface area contributed by atoms with Gasteiger partial charge >= 0.3 is 0 Å². The van der Waals surface area contributed by atoms with Crippen LogP contribution in [0.15, 0.2) is 29.2 Å². The summed E-state index contributed by atoms with van der Waals surface area (Å²) < 4.78 is 0. The van der Waals surface area contributed by atoms with Gasteiger partial charge in [-0.05, 0) is 35.9 Å². The van der Waals surface area contributed by atoms with Gasteiger partial charge in [-0.2, -0.15) is 0 Å². The van der Waals surface area contributed by atoms with Crippen LogP contribution in [0.2, 0.25) is 0 Å². The maximum Gasteiger partial charge on any atom is 0.0341 e. The van der Waals surface area contributed by atoms with Crippen molar-refractivity contribution in [3.63, 3.8) is 0 Å². The highest BCUT2D eigenvalue weighted by Gasteiger charge is 2.08. The minimum atomic E-state index is 0.332. The molecule has 0 unspecified atom stereocenters. The minimum absolute atomic E-state index is 0.332. The maximum atomic E-state index is 3.43. The molecule has 1 N–H and O–H groups in total. The number of rotatable bonds is 3. The van der Waals surface area contributed by atoms with Gasteiger partial charge in [-0.15, -0.1) is 11.8 Å². The molecule has 0 aromatic heterocycles. The lowest BCUT2D eigenvalue weighted by Gasteiger charge is -2.19. The molecule has 1 aromatic rings. The Balaban J connectivity index is 2.52. The van der Waals surface area contributed by atoms with Gasteiger partial charge in [-0.3, -0.25) is 0 Å². The zero-order valence-corrected chi connectivity index (χ0v) is 10.2. The summed E-state index contributed by atoms with van der Waals surface area (Å²) >= 11 is 1.77. The number of benzene rings is 1. The normalized spacial score (nSPS) is 11.4.